The first kappa shape index (κ1) is 18.2. The Morgan fingerprint density at radius 3 is 2.65 bits per heavy atom. The molecule has 1 aliphatic heterocycles. The van der Waals surface area contributed by atoms with Crippen molar-refractivity contribution < 1.29 is 0 Å². The molecule has 4 rings (SSSR count). The van der Waals surface area contributed by atoms with Gasteiger partial charge in [-0.2, -0.15) is 0 Å². The third-order valence-electron chi connectivity index (χ3n) is 4.88. The van der Waals surface area contributed by atoms with Gasteiger partial charge in [0.25, 0.3) is 0 Å². The van der Waals surface area contributed by atoms with Gasteiger partial charge in [-0.1, -0.05) is 35.9 Å². The average Bonchev–Trinajstić information content (AvgIpc) is 3.16. The fraction of sp³-hybridized carbons (Fsp3) is 0.333. The molecule has 136 valence electrons. The van der Waals surface area contributed by atoms with Crippen LogP contribution in [0.4, 0.5) is 5.69 Å². The maximum absolute atomic E-state index is 6.22. The van der Waals surface area contributed by atoms with Crippen LogP contribution in [0, 0.1) is 0 Å². The van der Waals surface area contributed by atoms with Crippen molar-refractivity contribution in [2.24, 2.45) is 0 Å². The number of anilines is 1. The minimum absolute atomic E-state index is 0.869. The van der Waals surface area contributed by atoms with Crippen molar-refractivity contribution in [1.82, 2.24) is 4.90 Å². The summed E-state index contributed by atoms with van der Waals surface area (Å²) in [5.41, 5.74) is 1.41. The molecule has 0 radical (unpaired) electrons. The van der Waals surface area contributed by atoms with Crippen LogP contribution in [-0.4, -0.2) is 43.4 Å². The summed E-state index contributed by atoms with van der Waals surface area (Å²) in [6.07, 6.45) is 1.20. The van der Waals surface area contributed by atoms with E-state index < -0.39 is 0 Å². The summed E-state index contributed by atoms with van der Waals surface area (Å²) in [6, 6.07) is 17.0. The molecule has 2 aromatic carbocycles. The van der Waals surface area contributed by atoms with Crippen LogP contribution in [-0.2, 0) is 0 Å². The predicted octanol–water partition coefficient (Wildman–Crippen LogP) is 5.86. The summed E-state index contributed by atoms with van der Waals surface area (Å²) < 4.78 is 1.43. The fourth-order valence-electron chi connectivity index (χ4n) is 3.47. The van der Waals surface area contributed by atoms with E-state index in [0.29, 0.717) is 0 Å². The first-order chi connectivity index (χ1) is 12.8. The molecule has 0 bridgehead atoms. The number of rotatable bonds is 6. The number of hydrogen-bond acceptors (Lipinski definition) is 4. The van der Waals surface area contributed by atoms with Crippen molar-refractivity contribution in [2.75, 3.05) is 43.4 Å². The lowest BCUT2D eigenvalue weighted by Crippen LogP contribution is -2.46. The molecule has 0 spiro atoms. The Balaban J connectivity index is 1.24. The number of hydrogen-bond donors (Lipinski definition) is 0. The highest BCUT2D eigenvalue weighted by Crippen LogP contribution is 2.32. The molecule has 0 amide bonds. The Morgan fingerprint density at radius 2 is 1.81 bits per heavy atom. The molecule has 1 aromatic heterocycles. The Morgan fingerprint density at radius 1 is 0.962 bits per heavy atom. The number of benzene rings is 2. The fourth-order valence-corrected chi connectivity index (χ4v) is 5.58. The number of nitrogens with zero attached hydrogens (tertiary/aromatic N) is 2. The highest BCUT2D eigenvalue weighted by Gasteiger charge is 2.18. The number of piperazine rings is 1. The summed E-state index contributed by atoms with van der Waals surface area (Å²) in [5, 5.41) is 4.43. The summed E-state index contributed by atoms with van der Waals surface area (Å²) in [6.45, 7) is 5.72. The Hall–Kier alpha value is -1.20. The summed E-state index contributed by atoms with van der Waals surface area (Å²) in [4.78, 5) is 6.34. The van der Waals surface area contributed by atoms with Crippen molar-refractivity contribution in [3.8, 4) is 0 Å². The summed E-state index contributed by atoms with van der Waals surface area (Å²) in [7, 11) is 0. The zero-order valence-corrected chi connectivity index (χ0v) is 17.1. The van der Waals surface area contributed by atoms with Crippen molar-refractivity contribution in [2.45, 2.75) is 11.3 Å². The van der Waals surface area contributed by atoms with Gasteiger partial charge in [-0.15, -0.1) is 23.1 Å². The lowest BCUT2D eigenvalue weighted by atomic mass is 10.2. The molecule has 0 saturated carbocycles. The van der Waals surface area contributed by atoms with E-state index in [-0.39, 0.29) is 0 Å². The molecular weight excluding hydrogens is 380 g/mol. The molecule has 0 aliphatic carbocycles. The maximum Gasteiger partial charge on any atom is 0.0576 e. The monoisotopic (exact) mass is 402 g/mol. The van der Waals surface area contributed by atoms with Gasteiger partial charge >= 0.3 is 0 Å². The highest BCUT2D eigenvalue weighted by atomic mass is 35.5. The van der Waals surface area contributed by atoms with Crippen molar-refractivity contribution in [1.29, 1.82) is 0 Å². The van der Waals surface area contributed by atoms with Crippen LogP contribution in [0.15, 0.2) is 58.8 Å². The van der Waals surface area contributed by atoms with Crippen LogP contribution < -0.4 is 4.90 Å². The van der Waals surface area contributed by atoms with Gasteiger partial charge < -0.3 is 4.90 Å². The van der Waals surface area contributed by atoms with Gasteiger partial charge in [-0.25, -0.2) is 0 Å². The van der Waals surface area contributed by atoms with Crippen molar-refractivity contribution in [3.63, 3.8) is 0 Å². The van der Waals surface area contributed by atoms with Gasteiger partial charge in [0.2, 0.25) is 0 Å². The van der Waals surface area contributed by atoms with E-state index in [1.54, 1.807) is 0 Å². The standard InChI is InChI=1S/C21H23ClN2S2/c22-18-6-1-2-8-20(18)25-15-4-10-23-11-13-24(14-12-23)19-7-3-5-17-9-16-26-21(17)19/h1-3,5-9,16H,4,10-15H2. The van der Waals surface area contributed by atoms with Gasteiger partial charge in [0.1, 0.15) is 0 Å². The minimum Gasteiger partial charge on any atom is -0.368 e. The third-order valence-corrected chi connectivity index (χ3v) is 7.44. The molecule has 2 nitrogen and oxygen atoms in total. The molecule has 5 heteroatoms. The maximum atomic E-state index is 6.22. The molecular formula is C21H23ClN2S2. The third kappa shape index (κ3) is 4.20. The van der Waals surface area contributed by atoms with Crippen LogP contribution in [0.25, 0.3) is 10.1 Å². The van der Waals surface area contributed by atoms with Crippen molar-refractivity contribution >= 4 is 50.5 Å². The molecule has 0 atom stereocenters. The predicted molar refractivity (Wildman–Crippen MR) is 117 cm³/mol. The van der Waals surface area contributed by atoms with E-state index in [1.165, 1.54) is 33.6 Å². The van der Waals surface area contributed by atoms with Crippen LogP contribution in [0.5, 0.6) is 0 Å². The Labute approximate surface area is 168 Å². The van der Waals surface area contributed by atoms with Gasteiger partial charge in [0, 0.05) is 31.1 Å². The number of thioether (sulfide) groups is 1. The number of fused-ring (bicyclic) bond motifs is 1. The second kappa shape index (κ2) is 8.66. The molecule has 26 heavy (non-hydrogen) atoms. The number of halogens is 1. The first-order valence-electron chi connectivity index (χ1n) is 9.12. The second-order valence-corrected chi connectivity index (χ2v) is 9.04. The van der Waals surface area contributed by atoms with E-state index >= 15 is 0 Å². The van der Waals surface area contributed by atoms with E-state index in [2.05, 4.69) is 51.6 Å². The topological polar surface area (TPSA) is 6.48 Å². The van der Waals surface area contributed by atoms with Gasteiger partial charge in [-0.05, 0) is 53.8 Å². The smallest absolute Gasteiger partial charge is 0.0576 e. The molecule has 2 heterocycles. The van der Waals surface area contributed by atoms with Gasteiger partial charge in [0.15, 0.2) is 0 Å². The molecule has 1 saturated heterocycles. The zero-order valence-electron chi connectivity index (χ0n) is 14.7. The van der Waals surface area contributed by atoms with Gasteiger partial charge in [0.05, 0.1) is 15.4 Å². The second-order valence-electron chi connectivity index (χ2n) is 6.58. The first-order valence-corrected chi connectivity index (χ1v) is 11.4. The van der Waals surface area contributed by atoms with E-state index in [1.807, 2.05) is 35.2 Å². The minimum atomic E-state index is 0.869. The van der Waals surface area contributed by atoms with Crippen LogP contribution in [0.2, 0.25) is 5.02 Å². The molecule has 1 aliphatic rings. The Kier molecular flexibility index (Phi) is 6.05. The lowest BCUT2D eigenvalue weighted by Gasteiger charge is -2.36. The quantitative estimate of drug-likeness (QED) is 0.376. The summed E-state index contributed by atoms with van der Waals surface area (Å²) >= 11 is 9.95. The van der Waals surface area contributed by atoms with Crippen LogP contribution in [0.1, 0.15) is 6.42 Å². The van der Waals surface area contributed by atoms with Gasteiger partial charge in [-0.3, -0.25) is 4.90 Å². The normalized spacial score (nSPS) is 15.7. The SMILES string of the molecule is Clc1ccccc1SCCCN1CCN(c2cccc3ccsc23)CC1. The molecule has 3 aromatic rings. The van der Waals surface area contributed by atoms with E-state index in [4.69, 9.17) is 11.6 Å². The van der Waals surface area contributed by atoms with E-state index in [9.17, 15) is 0 Å². The zero-order chi connectivity index (χ0) is 17.8. The number of thiophene rings is 1. The van der Waals surface area contributed by atoms with Crippen LogP contribution in [0.3, 0.4) is 0 Å². The molecule has 1 fully saturated rings. The van der Waals surface area contributed by atoms with E-state index in [0.717, 1.165) is 37.0 Å². The Bertz CT molecular complexity index is 856. The molecule has 0 unspecified atom stereocenters. The lowest BCUT2D eigenvalue weighted by molar-refractivity contribution is 0.259. The highest BCUT2D eigenvalue weighted by molar-refractivity contribution is 7.99. The largest absolute Gasteiger partial charge is 0.368 e. The van der Waals surface area contributed by atoms with Crippen LogP contribution >= 0.6 is 34.7 Å². The summed E-state index contributed by atoms with van der Waals surface area (Å²) in [5.74, 6) is 1.12. The average molecular weight is 403 g/mol. The van der Waals surface area contributed by atoms with Crippen molar-refractivity contribution in [3.05, 3.63) is 58.9 Å². The molecule has 0 N–H and O–H groups in total.